The Morgan fingerprint density at radius 1 is 1.30 bits per heavy atom. The van der Waals surface area contributed by atoms with Crippen molar-refractivity contribution in [3.05, 3.63) is 11.6 Å². The van der Waals surface area contributed by atoms with Crippen molar-refractivity contribution in [2.24, 2.45) is 0 Å². The number of halogens is 1. The quantitative estimate of drug-likeness (QED) is 0.425. The van der Waals surface area contributed by atoms with Crippen molar-refractivity contribution in [2.75, 3.05) is 5.88 Å². The normalized spacial score (nSPS) is 12.1. The molecule has 0 atom stereocenters. The van der Waals surface area contributed by atoms with Gasteiger partial charge in [0, 0.05) is 5.88 Å². The van der Waals surface area contributed by atoms with Crippen LogP contribution in [-0.4, -0.2) is 5.88 Å². The van der Waals surface area contributed by atoms with Gasteiger partial charge in [-0.05, 0) is 19.3 Å². The van der Waals surface area contributed by atoms with E-state index in [-0.39, 0.29) is 0 Å². The molecule has 60 valence electrons. The summed E-state index contributed by atoms with van der Waals surface area (Å²) in [6, 6.07) is 0. The van der Waals surface area contributed by atoms with Crippen LogP contribution in [0.2, 0.25) is 0 Å². The van der Waals surface area contributed by atoms with Gasteiger partial charge in [-0.15, -0.1) is 11.6 Å². The number of rotatable bonds is 5. The molecule has 0 spiro atoms. The van der Waals surface area contributed by atoms with Crippen LogP contribution < -0.4 is 0 Å². The van der Waals surface area contributed by atoms with Crippen molar-refractivity contribution in [1.29, 1.82) is 0 Å². The van der Waals surface area contributed by atoms with Crippen molar-refractivity contribution in [1.82, 2.24) is 0 Å². The molecule has 10 heavy (non-hydrogen) atoms. The van der Waals surface area contributed by atoms with Crippen LogP contribution in [0, 0.1) is 0 Å². The van der Waals surface area contributed by atoms with Crippen LogP contribution in [-0.2, 0) is 0 Å². The first-order valence-corrected chi connectivity index (χ1v) is 4.62. The summed E-state index contributed by atoms with van der Waals surface area (Å²) in [7, 11) is 0. The fourth-order valence-corrected chi connectivity index (χ4v) is 1.30. The third-order valence-electron chi connectivity index (χ3n) is 1.48. The number of hydrogen-bond acceptors (Lipinski definition) is 0. The van der Waals surface area contributed by atoms with E-state index in [4.69, 9.17) is 11.6 Å². The molecule has 1 heteroatoms. The maximum absolute atomic E-state index is 5.63. The molecule has 0 fully saturated rings. The van der Waals surface area contributed by atoms with E-state index in [2.05, 4.69) is 19.9 Å². The van der Waals surface area contributed by atoms with Gasteiger partial charge in [-0.3, -0.25) is 0 Å². The zero-order chi connectivity index (χ0) is 7.82. The van der Waals surface area contributed by atoms with Crippen LogP contribution in [0.1, 0.15) is 39.5 Å². The smallest absolute Gasteiger partial charge is 0.0260 e. The van der Waals surface area contributed by atoms with Crippen molar-refractivity contribution >= 4 is 11.6 Å². The Morgan fingerprint density at radius 3 is 2.40 bits per heavy atom. The third-order valence-corrected chi connectivity index (χ3v) is 1.67. The predicted molar refractivity (Wildman–Crippen MR) is 48.6 cm³/mol. The highest BCUT2D eigenvalue weighted by Gasteiger charge is 1.92. The van der Waals surface area contributed by atoms with E-state index in [1.54, 1.807) is 0 Å². The standard InChI is InChI=1S/C9H17Cl/c1-3-5-9(6-4-2)7-8-10/h5H,3-4,6-8H2,1-2H3/b9-5-. The van der Waals surface area contributed by atoms with E-state index in [0.717, 1.165) is 18.7 Å². The average molecular weight is 161 g/mol. The predicted octanol–water partition coefficient (Wildman–Crippen LogP) is 3.75. The van der Waals surface area contributed by atoms with Crippen LogP contribution in [0.3, 0.4) is 0 Å². The van der Waals surface area contributed by atoms with Gasteiger partial charge in [0.2, 0.25) is 0 Å². The lowest BCUT2D eigenvalue weighted by Crippen LogP contribution is -1.84. The summed E-state index contributed by atoms with van der Waals surface area (Å²) < 4.78 is 0. The summed E-state index contributed by atoms with van der Waals surface area (Å²) in [5.74, 6) is 0.770. The van der Waals surface area contributed by atoms with Crippen molar-refractivity contribution in [3.63, 3.8) is 0 Å². The van der Waals surface area contributed by atoms with E-state index in [0.29, 0.717) is 0 Å². The van der Waals surface area contributed by atoms with Crippen LogP contribution in [0.4, 0.5) is 0 Å². The molecule has 0 amide bonds. The first kappa shape index (κ1) is 10.0. The Morgan fingerprint density at radius 2 is 2.00 bits per heavy atom. The second kappa shape index (κ2) is 7.14. The topological polar surface area (TPSA) is 0 Å². The average Bonchev–Trinajstić information content (AvgIpc) is 1.90. The Labute approximate surface area is 69.3 Å². The fourth-order valence-electron chi connectivity index (χ4n) is 1.06. The summed E-state index contributed by atoms with van der Waals surface area (Å²) in [4.78, 5) is 0. The first-order chi connectivity index (χ1) is 4.85. The highest BCUT2D eigenvalue weighted by molar-refractivity contribution is 6.17. The SMILES string of the molecule is CC/C=C(/CCC)CCCl. The minimum absolute atomic E-state index is 0.770. The van der Waals surface area contributed by atoms with Gasteiger partial charge in [-0.1, -0.05) is 31.9 Å². The Bertz CT molecular complexity index is 86.9. The Kier molecular flexibility index (Phi) is 7.16. The van der Waals surface area contributed by atoms with Gasteiger partial charge in [0.1, 0.15) is 0 Å². The second-order valence-corrected chi connectivity index (χ2v) is 2.84. The highest BCUT2D eigenvalue weighted by atomic mass is 35.5. The molecule has 0 rings (SSSR count). The molecule has 0 heterocycles. The van der Waals surface area contributed by atoms with Crippen molar-refractivity contribution in [3.8, 4) is 0 Å². The molecule has 0 aliphatic rings. The number of allylic oxidation sites excluding steroid dienone is 2. The van der Waals surface area contributed by atoms with Gasteiger partial charge >= 0.3 is 0 Å². The van der Waals surface area contributed by atoms with E-state index in [1.807, 2.05) is 0 Å². The maximum atomic E-state index is 5.63. The molecule has 0 nitrogen and oxygen atoms in total. The van der Waals surface area contributed by atoms with Crippen LogP contribution in [0.5, 0.6) is 0 Å². The third kappa shape index (κ3) is 4.87. The minimum Gasteiger partial charge on any atom is -0.126 e. The lowest BCUT2D eigenvalue weighted by atomic mass is 10.1. The van der Waals surface area contributed by atoms with Crippen LogP contribution >= 0.6 is 11.6 Å². The highest BCUT2D eigenvalue weighted by Crippen LogP contribution is 2.10. The summed E-state index contributed by atoms with van der Waals surface area (Å²) in [6.07, 6.45) is 6.98. The fraction of sp³-hybridized carbons (Fsp3) is 0.778. The van der Waals surface area contributed by atoms with Gasteiger partial charge in [0.25, 0.3) is 0 Å². The van der Waals surface area contributed by atoms with Crippen LogP contribution in [0.25, 0.3) is 0 Å². The maximum Gasteiger partial charge on any atom is 0.0260 e. The molecule has 0 radical (unpaired) electrons. The second-order valence-electron chi connectivity index (χ2n) is 2.46. The summed E-state index contributed by atoms with van der Waals surface area (Å²) in [5, 5.41) is 0. The van der Waals surface area contributed by atoms with E-state index in [9.17, 15) is 0 Å². The van der Waals surface area contributed by atoms with Crippen LogP contribution in [0.15, 0.2) is 11.6 Å². The van der Waals surface area contributed by atoms with E-state index >= 15 is 0 Å². The molecule has 0 bridgehead atoms. The Hall–Kier alpha value is 0.0300. The largest absolute Gasteiger partial charge is 0.126 e. The first-order valence-electron chi connectivity index (χ1n) is 4.09. The zero-order valence-electron chi connectivity index (χ0n) is 6.99. The van der Waals surface area contributed by atoms with Gasteiger partial charge in [-0.2, -0.15) is 0 Å². The molecule has 0 N–H and O–H groups in total. The summed E-state index contributed by atoms with van der Waals surface area (Å²) in [6.45, 7) is 4.38. The number of alkyl halides is 1. The molecule has 0 aromatic heterocycles. The lowest BCUT2D eigenvalue weighted by molar-refractivity contribution is 0.851. The molecule has 0 aromatic rings. The minimum atomic E-state index is 0.770. The van der Waals surface area contributed by atoms with Crippen molar-refractivity contribution < 1.29 is 0 Å². The molecule has 0 saturated heterocycles. The van der Waals surface area contributed by atoms with E-state index in [1.165, 1.54) is 18.4 Å². The van der Waals surface area contributed by atoms with E-state index < -0.39 is 0 Å². The molecule has 0 unspecified atom stereocenters. The van der Waals surface area contributed by atoms with Gasteiger partial charge in [0.15, 0.2) is 0 Å². The van der Waals surface area contributed by atoms with Crippen molar-refractivity contribution in [2.45, 2.75) is 39.5 Å². The molecular weight excluding hydrogens is 144 g/mol. The lowest BCUT2D eigenvalue weighted by Gasteiger charge is -2.01. The number of hydrogen-bond donors (Lipinski definition) is 0. The monoisotopic (exact) mass is 160 g/mol. The summed E-state index contributed by atoms with van der Waals surface area (Å²) >= 11 is 5.63. The molecule has 0 saturated carbocycles. The zero-order valence-corrected chi connectivity index (χ0v) is 7.75. The molecule has 0 aliphatic carbocycles. The molecule has 0 aromatic carbocycles. The Balaban J connectivity index is 3.60. The van der Waals surface area contributed by atoms with Gasteiger partial charge in [0.05, 0.1) is 0 Å². The summed E-state index contributed by atoms with van der Waals surface area (Å²) in [5.41, 5.74) is 1.53. The molecule has 0 aliphatic heterocycles. The van der Waals surface area contributed by atoms with Gasteiger partial charge in [-0.25, -0.2) is 0 Å². The molecular formula is C9H17Cl. The van der Waals surface area contributed by atoms with Gasteiger partial charge < -0.3 is 0 Å².